The zero-order chi connectivity index (χ0) is 8.39. The summed E-state index contributed by atoms with van der Waals surface area (Å²) in [5.41, 5.74) is 0. The van der Waals surface area contributed by atoms with Crippen molar-refractivity contribution in [2.24, 2.45) is 0 Å². The van der Waals surface area contributed by atoms with Gasteiger partial charge in [0.15, 0.2) is 0 Å². The Morgan fingerprint density at radius 2 is 2.50 bits per heavy atom. The van der Waals surface area contributed by atoms with Crippen LogP contribution in [0.3, 0.4) is 0 Å². The van der Waals surface area contributed by atoms with Gasteiger partial charge in [0.2, 0.25) is 0 Å². The molecule has 0 saturated carbocycles. The summed E-state index contributed by atoms with van der Waals surface area (Å²) in [6.07, 6.45) is 11.9. The molecule has 2 atom stereocenters. The monoisotopic (exact) mass is 163 g/mol. The first kappa shape index (κ1) is 8.06. The van der Waals surface area contributed by atoms with Crippen molar-refractivity contribution in [3.63, 3.8) is 0 Å². The van der Waals surface area contributed by atoms with Gasteiger partial charge >= 0.3 is 0 Å². The van der Waals surface area contributed by atoms with Crippen molar-refractivity contribution in [3.05, 3.63) is 24.8 Å². The summed E-state index contributed by atoms with van der Waals surface area (Å²) < 4.78 is 0. The van der Waals surface area contributed by atoms with Gasteiger partial charge < -0.3 is 0 Å². The third kappa shape index (κ3) is 1.34. The van der Waals surface area contributed by atoms with Crippen LogP contribution in [0.25, 0.3) is 0 Å². The molecule has 1 nitrogen and oxygen atoms in total. The van der Waals surface area contributed by atoms with E-state index in [0.717, 1.165) is 12.5 Å². The predicted octanol–water partition coefficient (Wildman–Crippen LogP) is 2.36. The van der Waals surface area contributed by atoms with E-state index >= 15 is 0 Å². The van der Waals surface area contributed by atoms with Crippen LogP contribution >= 0.6 is 0 Å². The summed E-state index contributed by atoms with van der Waals surface area (Å²) >= 11 is 0. The fraction of sp³-hybridized carbons (Fsp3) is 0.636. The molecule has 2 rings (SSSR count). The first-order valence-electron chi connectivity index (χ1n) is 4.95. The minimum Gasteiger partial charge on any atom is -0.293 e. The van der Waals surface area contributed by atoms with Crippen molar-refractivity contribution in [1.82, 2.24) is 4.90 Å². The highest BCUT2D eigenvalue weighted by molar-refractivity contribution is 5.07. The molecule has 0 N–H and O–H groups in total. The number of hydrogen-bond acceptors (Lipinski definition) is 1. The summed E-state index contributed by atoms with van der Waals surface area (Å²) in [5.74, 6) is 0. The van der Waals surface area contributed by atoms with E-state index < -0.39 is 0 Å². The van der Waals surface area contributed by atoms with Gasteiger partial charge in [0, 0.05) is 12.1 Å². The molecule has 2 aliphatic heterocycles. The Bertz CT molecular complexity index is 195. The molecule has 0 spiro atoms. The normalized spacial score (nSPS) is 35.0. The number of hydrogen-bond donors (Lipinski definition) is 0. The highest BCUT2D eigenvalue weighted by Gasteiger charge is 2.30. The summed E-state index contributed by atoms with van der Waals surface area (Å²) in [6.45, 7) is 5.11. The molecule has 1 saturated heterocycles. The van der Waals surface area contributed by atoms with Crippen molar-refractivity contribution in [1.29, 1.82) is 0 Å². The van der Waals surface area contributed by atoms with Crippen molar-refractivity contribution >= 4 is 0 Å². The van der Waals surface area contributed by atoms with Crippen LogP contribution < -0.4 is 0 Å². The molecule has 0 aliphatic carbocycles. The molecule has 66 valence electrons. The molecule has 1 fully saturated rings. The van der Waals surface area contributed by atoms with Crippen LogP contribution in [0.1, 0.15) is 25.7 Å². The third-order valence-electron chi connectivity index (χ3n) is 3.02. The van der Waals surface area contributed by atoms with Gasteiger partial charge in [-0.15, -0.1) is 6.58 Å². The lowest BCUT2D eigenvalue weighted by molar-refractivity contribution is 0.201. The van der Waals surface area contributed by atoms with Gasteiger partial charge in [-0.05, 0) is 32.2 Å². The minimum absolute atomic E-state index is 0.656. The Kier molecular flexibility index (Phi) is 2.31. The van der Waals surface area contributed by atoms with Crippen LogP contribution in [-0.2, 0) is 0 Å². The summed E-state index contributed by atoms with van der Waals surface area (Å²) in [7, 11) is 0. The Hall–Kier alpha value is -0.560. The van der Waals surface area contributed by atoms with E-state index in [1.807, 2.05) is 6.08 Å². The summed E-state index contributed by atoms with van der Waals surface area (Å²) in [6, 6.07) is 1.50. The van der Waals surface area contributed by atoms with Gasteiger partial charge in [0.05, 0.1) is 0 Å². The standard InChI is InChI=1S/C11H17N/c1-2-5-10-6-3-7-11-8-4-9-12(10)11/h2-3,6,10-11H,1,4-5,7-9H2/t10-,11-/m1/s1. The SMILES string of the molecule is C=CC[C@@H]1C=CC[C@@H]2CCCN21. The third-order valence-corrected chi connectivity index (χ3v) is 3.02. The maximum atomic E-state index is 3.81. The molecule has 0 unspecified atom stereocenters. The van der Waals surface area contributed by atoms with Gasteiger partial charge in [-0.1, -0.05) is 18.2 Å². The Morgan fingerprint density at radius 3 is 3.33 bits per heavy atom. The Balaban J connectivity index is 2.06. The minimum atomic E-state index is 0.656. The van der Waals surface area contributed by atoms with Crippen molar-refractivity contribution in [2.45, 2.75) is 37.8 Å². The van der Waals surface area contributed by atoms with E-state index in [9.17, 15) is 0 Å². The fourth-order valence-electron chi connectivity index (χ4n) is 2.44. The van der Waals surface area contributed by atoms with Crippen LogP contribution in [0.15, 0.2) is 24.8 Å². The van der Waals surface area contributed by atoms with Crippen LogP contribution in [0.2, 0.25) is 0 Å². The Morgan fingerprint density at radius 1 is 1.58 bits per heavy atom. The second-order valence-corrected chi connectivity index (χ2v) is 3.79. The highest BCUT2D eigenvalue weighted by atomic mass is 15.2. The largest absolute Gasteiger partial charge is 0.293 e. The van der Waals surface area contributed by atoms with Crippen LogP contribution in [0, 0.1) is 0 Å². The summed E-state index contributed by atoms with van der Waals surface area (Å²) in [4.78, 5) is 2.64. The molecule has 0 bridgehead atoms. The van der Waals surface area contributed by atoms with Crippen LogP contribution in [0.5, 0.6) is 0 Å². The van der Waals surface area contributed by atoms with E-state index in [0.29, 0.717) is 6.04 Å². The lowest BCUT2D eigenvalue weighted by Gasteiger charge is -2.33. The smallest absolute Gasteiger partial charge is 0.0315 e. The number of nitrogens with zero attached hydrogens (tertiary/aromatic N) is 1. The highest BCUT2D eigenvalue weighted by Crippen LogP contribution is 2.28. The van der Waals surface area contributed by atoms with Gasteiger partial charge in [-0.3, -0.25) is 4.90 Å². The lowest BCUT2D eigenvalue weighted by atomic mass is 10.0. The van der Waals surface area contributed by atoms with E-state index in [1.54, 1.807) is 0 Å². The molecular weight excluding hydrogens is 146 g/mol. The average Bonchev–Trinajstić information content (AvgIpc) is 2.53. The van der Waals surface area contributed by atoms with E-state index in [-0.39, 0.29) is 0 Å². The van der Waals surface area contributed by atoms with Crippen molar-refractivity contribution < 1.29 is 0 Å². The zero-order valence-corrected chi connectivity index (χ0v) is 7.58. The number of rotatable bonds is 2. The van der Waals surface area contributed by atoms with Gasteiger partial charge in [-0.25, -0.2) is 0 Å². The second-order valence-electron chi connectivity index (χ2n) is 3.79. The molecule has 12 heavy (non-hydrogen) atoms. The maximum absolute atomic E-state index is 3.81. The zero-order valence-electron chi connectivity index (χ0n) is 7.58. The van der Waals surface area contributed by atoms with Gasteiger partial charge in [0.1, 0.15) is 0 Å². The molecule has 0 amide bonds. The first-order chi connectivity index (χ1) is 5.92. The average molecular weight is 163 g/mol. The molecule has 1 heteroatoms. The molecule has 0 aromatic carbocycles. The molecule has 2 aliphatic rings. The van der Waals surface area contributed by atoms with Gasteiger partial charge in [-0.2, -0.15) is 0 Å². The van der Waals surface area contributed by atoms with Crippen LogP contribution in [0.4, 0.5) is 0 Å². The number of fused-ring (bicyclic) bond motifs is 1. The quantitative estimate of drug-likeness (QED) is 0.565. The molecule has 0 aromatic heterocycles. The second kappa shape index (κ2) is 3.44. The molecule has 0 radical (unpaired) electrons. The Labute approximate surface area is 74.8 Å². The van der Waals surface area contributed by atoms with E-state index in [1.165, 1.54) is 25.8 Å². The molecular formula is C11H17N. The van der Waals surface area contributed by atoms with Crippen molar-refractivity contribution in [3.8, 4) is 0 Å². The van der Waals surface area contributed by atoms with E-state index in [2.05, 4.69) is 23.6 Å². The topological polar surface area (TPSA) is 3.24 Å². The fourth-order valence-corrected chi connectivity index (χ4v) is 2.44. The van der Waals surface area contributed by atoms with Gasteiger partial charge in [0.25, 0.3) is 0 Å². The van der Waals surface area contributed by atoms with Crippen molar-refractivity contribution in [2.75, 3.05) is 6.54 Å². The first-order valence-corrected chi connectivity index (χ1v) is 4.95. The molecule has 2 heterocycles. The summed E-state index contributed by atoms with van der Waals surface area (Å²) in [5, 5.41) is 0. The van der Waals surface area contributed by atoms with E-state index in [4.69, 9.17) is 0 Å². The van der Waals surface area contributed by atoms with Crippen LogP contribution in [-0.4, -0.2) is 23.5 Å². The maximum Gasteiger partial charge on any atom is 0.0315 e. The molecule has 0 aromatic rings. The lowest BCUT2D eigenvalue weighted by Crippen LogP contribution is -2.39. The predicted molar refractivity (Wildman–Crippen MR) is 52.1 cm³/mol.